The summed E-state index contributed by atoms with van der Waals surface area (Å²) in [5.74, 6) is -0.209. The maximum atomic E-state index is 11.6. The molecule has 0 aromatic heterocycles. The summed E-state index contributed by atoms with van der Waals surface area (Å²) in [6, 6.07) is 0. The molecule has 128 valence electrons. The summed E-state index contributed by atoms with van der Waals surface area (Å²) < 4.78 is 10.3. The van der Waals surface area contributed by atoms with Gasteiger partial charge in [0.25, 0.3) is 0 Å². The van der Waals surface area contributed by atoms with Crippen LogP contribution in [0.15, 0.2) is 12.2 Å². The van der Waals surface area contributed by atoms with Crippen LogP contribution in [0, 0.1) is 5.92 Å². The quantitative estimate of drug-likeness (QED) is 0.287. The molecule has 1 unspecified atom stereocenters. The lowest BCUT2D eigenvalue weighted by molar-refractivity contribution is -0.151. The van der Waals surface area contributed by atoms with Crippen molar-refractivity contribution in [2.75, 3.05) is 13.2 Å². The van der Waals surface area contributed by atoms with Crippen molar-refractivity contribution in [2.24, 2.45) is 5.92 Å². The first-order valence-corrected chi connectivity index (χ1v) is 8.60. The highest BCUT2D eigenvalue weighted by atomic mass is 16.5. The first-order valence-electron chi connectivity index (χ1n) is 8.60. The number of carbonyl (C=O) groups excluding carboxylic acids is 2. The highest BCUT2D eigenvalue weighted by Crippen LogP contribution is 2.13. The van der Waals surface area contributed by atoms with Gasteiger partial charge in [-0.3, -0.25) is 9.59 Å². The van der Waals surface area contributed by atoms with Gasteiger partial charge in [-0.25, -0.2) is 0 Å². The summed E-state index contributed by atoms with van der Waals surface area (Å²) >= 11 is 0. The van der Waals surface area contributed by atoms with Crippen molar-refractivity contribution in [1.29, 1.82) is 0 Å². The fourth-order valence-electron chi connectivity index (χ4n) is 1.98. The molecule has 0 fully saturated rings. The molecule has 0 spiro atoms. The van der Waals surface area contributed by atoms with E-state index >= 15 is 0 Å². The normalized spacial score (nSPS) is 12.3. The number of rotatable bonds is 13. The topological polar surface area (TPSA) is 52.6 Å². The lowest BCUT2D eigenvalue weighted by Gasteiger charge is -2.14. The molecular weight excluding hydrogens is 280 g/mol. The van der Waals surface area contributed by atoms with Crippen molar-refractivity contribution in [3.63, 3.8) is 0 Å². The van der Waals surface area contributed by atoms with Gasteiger partial charge in [-0.2, -0.15) is 0 Å². The molecule has 0 radical (unpaired) electrons. The van der Waals surface area contributed by atoms with Gasteiger partial charge in [-0.1, -0.05) is 52.2 Å². The van der Waals surface area contributed by atoms with Gasteiger partial charge in [0.15, 0.2) is 0 Å². The fraction of sp³-hybridized carbons (Fsp3) is 0.778. The minimum atomic E-state index is -0.333. The second kappa shape index (κ2) is 14.6. The van der Waals surface area contributed by atoms with Gasteiger partial charge in [0.2, 0.25) is 0 Å². The Morgan fingerprint density at radius 2 is 1.68 bits per heavy atom. The van der Waals surface area contributed by atoms with E-state index in [0.717, 1.165) is 38.5 Å². The van der Waals surface area contributed by atoms with Crippen molar-refractivity contribution in [3.8, 4) is 0 Å². The Morgan fingerprint density at radius 3 is 2.27 bits per heavy atom. The summed E-state index contributed by atoms with van der Waals surface area (Å²) in [6.45, 7) is 7.16. The highest BCUT2D eigenvalue weighted by molar-refractivity contribution is 5.77. The average Bonchev–Trinajstić information content (AvgIpc) is 2.53. The van der Waals surface area contributed by atoms with Gasteiger partial charge >= 0.3 is 11.9 Å². The van der Waals surface area contributed by atoms with Crippen molar-refractivity contribution < 1.29 is 19.1 Å². The van der Waals surface area contributed by atoms with Crippen LogP contribution in [0.3, 0.4) is 0 Å². The number of hydrogen-bond donors (Lipinski definition) is 0. The molecule has 0 aliphatic rings. The monoisotopic (exact) mass is 312 g/mol. The molecule has 4 nitrogen and oxygen atoms in total. The van der Waals surface area contributed by atoms with Gasteiger partial charge in [-0.15, -0.1) is 0 Å². The van der Waals surface area contributed by atoms with Crippen LogP contribution in [0.2, 0.25) is 0 Å². The number of carbonyl (C=O) groups is 2. The van der Waals surface area contributed by atoms with Gasteiger partial charge in [-0.05, 0) is 25.2 Å². The average molecular weight is 312 g/mol. The zero-order valence-corrected chi connectivity index (χ0v) is 14.4. The molecule has 0 amide bonds. The molecule has 0 aromatic carbocycles. The molecule has 0 aromatic rings. The predicted octanol–water partition coefficient (Wildman–Crippen LogP) is 4.43. The van der Waals surface area contributed by atoms with E-state index in [4.69, 9.17) is 9.47 Å². The SMILES string of the molecule is CC/C=C/CCOC(=O)CCC(=O)OCC(CC)CCCC. The molecular formula is C18H32O4. The second-order valence-electron chi connectivity index (χ2n) is 5.49. The lowest BCUT2D eigenvalue weighted by Crippen LogP contribution is -2.15. The van der Waals surface area contributed by atoms with Crippen molar-refractivity contribution in [1.82, 2.24) is 0 Å². The molecule has 0 bridgehead atoms. The smallest absolute Gasteiger partial charge is 0.306 e. The van der Waals surface area contributed by atoms with E-state index in [0.29, 0.717) is 19.1 Å². The van der Waals surface area contributed by atoms with Crippen LogP contribution >= 0.6 is 0 Å². The zero-order valence-electron chi connectivity index (χ0n) is 14.4. The Kier molecular flexibility index (Phi) is 13.7. The van der Waals surface area contributed by atoms with E-state index in [-0.39, 0.29) is 24.8 Å². The zero-order chi connectivity index (χ0) is 16.6. The number of esters is 2. The van der Waals surface area contributed by atoms with Crippen molar-refractivity contribution in [3.05, 3.63) is 12.2 Å². The maximum Gasteiger partial charge on any atom is 0.306 e. The molecule has 0 rings (SSSR count). The summed E-state index contributed by atoms with van der Waals surface area (Å²) in [5.41, 5.74) is 0. The third kappa shape index (κ3) is 12.4. The van der Waals surface area contributed by atoms with E-state index in [1.165, 1.54) is 0 Å². The number of hydrogen-bond acceptors (Lipinski definition) is 4. The molecule has 0 heterocycles. The van der Waals surface area contributed by atoms with E-state index in [2.05, 4.69) is 20.8 Å². The van der Waals surface area contributed by atoms with Crippen LogP contribution in [-0.2, 0) is 19.1 Å². The van der Waals surface area contributed by atoms with Crippen LogP contribution in [0.5, 0.6) is 0 Å². The minimum absolute atomic E-state index is 0.0993. The minimum Gasteiger partial charge on any atom is -0.465 e. The van der Waals surface area contributed by atoms with Crippen LogP contribution in [0.1, 0.15) is 72.1 Å². The van der Waals surface area contributed by atoms with Gasteiger partial charge in [0, 0.05) is 0 Å². The largest absolute Gasteiger partial charge is 0.465 e. The molecule has 22 heavy (non-hydrogen) atoms. The fourth-order valence-corrected chi connectivity index (χ4v) is 1.98. The molecule has 1 atom stereocenters. The number of allylic oxidation sites excluding steroid dienone is 1. The van der Waals surface area contributed by atoms with Crippen molar-refractivity contribution >= 4 is 11.9 Å². The van der Waals surface area contributed by atoms with E-state index in [1.54, 1.807) is 0 Å². The van der Waals surface area contributed by atoms with E-state index in [1.807, 2.05) is 12.2 Å². The van der Waals surface area contributed by atoms with Gasteiger partial charge in [0.1, 0.15) is 0 Å². The standard InChI is InChI=1S/C18H32O4/c1-4-7-9-10-14-21-17(19)12-13-18(20)22-15-16(6-3)11-8-5-2/h7,9,16H,4-6,8,10-15H2,1-3H3/b9-7+. The third-order valence-corrected chi connectivity index (χ3v) is 3.51. The summed E-state index contributed by atoms with van der Waals surface area (Å²) in [5, 5.41) is 0. The Morgan fingerprint density at radius 1 is 1.00 bits per heavy atom. The predicted molar refractivity (Wildman–Crippen MR) is 88.5 cm³/mol. The Labute approximate surface area is 135 Å². The molecule has 0 saturated heterocycles. The first-order chi connectivity index (χ1) is 10.6. The molecule has 0 N–H and O–H groups in total. The Balaban J connectivity index is 3.70. The van der Waals surface area contributed by atoms with Crippen LogP contribution in [-0.4, -0.2) is 25.2 Å². The van der Waals surface area contributed by atoms with Crippen molar-refractivity contribution in [2.45, 2.75) is 72.1 Å². The molecule has 0 saturated carbocycles. The molecule has 4 heteroatoms. The summed E-state index contributed by atoms with van der Waals surface area (Å²) in [6.07, 6.45) is 10.4. The van der Waals surface area contributed by atoms with Crippen LogP contribution in [0.25, 0.3) is 0 Å². The first kappa shape index (κ1) is 20.7. The van der Waals surface area contributed by atoms with E-state index in [9.17, 15) is 9.59 Å². The number of unbranched alkanes of at least 4 members (excludes halogenated alkanes) is 1. The Hall–Kier alpha value is -1.32. The van der Waals surface area contributed by atoms with E-state index < -0.39 is 0 Å². The maximum absolute atomic E-state index is 11.6. The molecule has 0 aliphatic heterocycles. The van der Waals surface area contributed by atoms with Crippen LogP contribution < -0.4 is 0 Å². The van der Waals surface area contributed by atoms with Gasteiger partial charge < -0.3 is 9.47 Å². The molecule has 0 aliphatic carbocycles. The van der Waals surface area contributed by atoms with Crippen LogP contribution in [0.4, 0.5) is 0 Å². The highest BCUT2D eigenvalue weighted by Gasteiger charge is 2.12. The number of ether oxygens (including phenoxy) is 2. The van der Waals surface area contributed by atoms with Gasteiger partial charge in [0.05, 0.1) is 26.1 Å². The second-order valence-corrected chi connectivity index (χ2v) is 5.49. The summed E-state index contributed by atoms with van der Waals surface area (Å²) in [7, 11) is 0. The third-order valence-electron chi connectivity index (χ3n) is 3.51. The summed E-state index contributed by atoms with van der Waals surface area (Å²) in [4.78, 5) is 23.1. The lowest BCUT2D eigenvalue weighted by atomic mass is 10.0. The Bertz CT molecular complexity index is 323.